The van der Waals surface area contributed by atoms with E-state index in [9.17, 15) is 0 Å². The smallest absolute Gasteiger partial charge is 0.0249 e. The van der Waals surface area contributed by atoms with Crippen molar-refractivity contribution in [3.05, 3.63) is 0 Å². The summed E-state index contributed by atoms with van der Waals surface area (Å²) < 4.78 is 0. The van der Waals surface area contributed by atoms with Gasteiger partial charge in [0.05, 0.1) is 0 Å². The third-order valence-electron chi connectivity index (χ3n) is 5.28. The van der Waals surface area contributed by atoms with Gasteiger partial charge in [-0.1, -0.05) is 26.7 Å². The quantitative estimate of drug-likeness (QED) is 0.825. The van der Waals surface area contributed by atoms with Crippen molar-refractivity contribution in [3.63, 3.8) is 0 Å². The van der Waals surface area contributed by atoms with E-state index in [1.54, 1.807) is 0 Å². The lowest BCUT2D eigenvalue weighted by atomic mass is 9.83. The Morgan fingerprint density at radius 1 is 1.00 bits per heavy atom. The number of nitrogens with one attached hydrogen (secondary N) is 1. The molecule has 2 aliphatic carbocycles. The Bertz CT molecular complexity index is 231. The van der Waals surface area contributed by atoms with Crippen LogP contribution >= 0.6 is 0 Å². The van der Waals surface area contributed by atoms with Gasteiger partial charge in [-0.05, 0) is 58.0 Å². The minimum atomic E-state index is 0.744. The summed E-state index contributed by atoms with van der Waals surface area (Å²) in [6.45, 7) is 5.78. The molecule has 0 amide bonds. The predicted molar refractivity (Wildman–Crippen MR) is 78.9 cm³/mol. The Kier molecular flexibility index (Phi) is 5.50. The molecule has 0 aromatic rings. The van der Waals surface area contributed by atoms with Crippen molar-refractivity contribution in [1.82, 2.24) is 10.2 Å². The zero-order valence-electron chi connectivity index (χ0n) is 12.6. The minimum Gasteiger partial charge on any atom is -0.313 e. The van der Waals surface area contributed by atoms with Gasteiger partial charge in [0.2, 0.25) is 0 Å². The molecule has 2 unspecified atom stereocenters. The van der Waals surface area contributed by atoms with Crippen LogP contribution in [0.1, 0.15) is 65.2 Å². The fraction of sp³-hybridized carbons (Fsp3) is 1.00. The van der Waals surface area contributed by atoms with Crippen molar-refractivity contribution in [2.75, 3.05) is 13.6 Å². The van der Waals surface area contributed by atoms with E-state index in [4.69, 9.17) is 0 Å². The zero-order valence-corrected chi connectivity index (χ0v) is 12.6. The number of nitrogens with zero attached hydrogens (tertiary/aromatic N) is 1. The van der Waals surface area contributed by atoms with Gasteiger partial charge in [0.25, 0.3) is 0 Å². The molecule has 2 nitrogen and oxygen atoms in total. The average Bonchev–Trinajstić information content (AvgIpc) is 2.40. The van der Waals surface area contributed by atoms with E-state index >= 15 is 0 Å². The highest BCUT2D eigenvalue weighted by atomic mass is 15.2. The molecule has 0 spiro atoms. The van der Waals surface area contributed by atoms with E-state index in [1.165, 1.54) is 51.4 Å². The van der Waals surface area contributed by atoms with Gasteiger partial charge in [-0.3, -0.25) is 4.90 Å². The molecule has 2 aliphatic rings. The summed E-state index contributed by atoms with van der Waals surface area (Å²) >= 11 is 0. The standard InChI is InChI=1S/C16H32N2/c1-4-17-15-7-5-6-8-16(15)18(3)14-11-9-13(2)10-12-14/h13-17H,4-12H2,1-3H3. The number of likely N-dealkylation sites (N-methyl/N-ethyl adjacent to an activating group) is 2. The lowest BCUT2D eigenvalue weighted by Gasteiger charge is -2.44. The monoisotopic (exact) mass is 252 g/mol. The second-order valence-electron chi connectivity index (χ2n) is 6.60. The average molecular weight is 252 g/mol. The highest BCUT2D eigenvalue weighted by Gasteiger charge is 2.32. The van der Waals surface area contributed by atoms with E-state index in [0.29, 0.717) is 0 Å². The summed E-state index contributed by atoms with van der Waals surface area (Å²) in [5.74, 6) is 0.963. The number of hydrogen-bond acceptors (Lipinski definition) is 2. The van der Waals surface area contributed by atoms with E-state index in [0.717, 1.165) is 30.6 Å². The summed E-state index contributed by atoms with van der Waals surface area (Å²) in [5, 5.41) is 3.72. The molecule has 0 heterocycles. The second kappa shape index (κ2) is 6.91. The Labute approximate surface area is 114 Å². The second-order valence-corrected chi connectivity index (χ2v) is 6.60. The van der Waals surface area contributed by atoms with Crippen LogP contribution in [0.15, 0.2) is 0 Å². The topological polar surface area (TPSA) is 15.3 Å². The lowest BCUT2D eigenvalue weighted by molar-refractivity contribution is 0.0783. The van der Waals surface area contributed by atoms with E-state index in [1.807, 2.05) is 0 Å². The van der Waals surface area contributed by atoms with Crippen LogP contribution in [0.2, 0.25) is 0 Å². The first-order chi connectivity index (χ1) is 8.72. The summed E-state index contributed by atoms with van der Waals surface area (Å²) in [5.41, 5.74) is 0. The van der Waals surface area contributed by atoms with Gasteiger partial charge in [0.15, 0.2) is 0 Å². The SMILES string of the molecule is CCNC1CCCCC1N(C)C1CCC(C)CC1. The van der Waals surface area contributed by atoms with Crippen molar-refractivity contribution in [1.29, 1.82) is 0 Å². The Hall–Kier alpha value is -0.0800. The van der Waals surface area contributed by atoms with Gasteiger partial charge in [-0.15, -0.1) is 0 Å². The molecule has 2 heteroatoms. The molecule has 18 heavy (non-hydrogen) atoms. The molecule has 0 aromatic carbocycles. The van der Waals surface area contributed by atoms with Crippen molar-refractivity contribution < 1.29 is 0 Å². The van der Waals surface area contributed by atoms with E-state index in [2.05, 4.69) is 31.1 Å². The minimum absolute atomic E-state index is 0.744. The van der Waals surface area contributed by atoms with Crippen LogP contribution in [0.5, 0.6) is 0 Å². The highest BCUT2D eigenvalue weighted by molar-refractivity contribution is 4.90. The van der Waals surface area contributed by atoms with Gasteiger partial charge >= 0.3 is 0 Å². The van der Waals surface area contributed by atoms with Crippen molar-refractivity contribution in [2.45, 2.75) is 83.3 Å². The Balaban J connectivity index is 1.90. The van der Waals surface area contributed by atoms with Crippen LogP contribution in [0.25, 0.3) is 0 Å². The van der Waals surface area contributed by atoms with Gasteiger partial charge in [0, 0.05) is 18.1 Å². The molecule has 0 radical (unpaired) electrons. The summed E-state index contributed by atoms with van der Waals surface area (Å²) in [6.07, 6.45) is 11.4. The zero-order chi connectivity index (χ0) is 13.0. The molecule has 2 rings (SSSR count). The summed E-state index contributed by atoms with van der Waals surface area (Å²) in [4.78, 5) is 2.73. The molecule has 0 aromatic heterocycles. The maximum atomic E-state index is 3.72. The number of hydrogen-bond donors (Lipinski definition) is 1. The van der Waals surface area contributed by atoms with Crippen LogP contribution in [-0.2, 0) is 0 Å². The van der Waals surface area contributed by atoms with Gasteiger partial charge in [-0.25, -0.2) is 0 Å². The van der Waals surface area contributed by atoms with Gasteiger partial charge in [0.1, 0.15) is 0 Å². The Morgan fingerprint density at radius 2 is 1.67 bits per heavy atom. The van der Waals surface area contributed by atoms with Crippen molar-refractivity contribution in [2.24, 2.45) is 5.92 Å². The van der Waals surface area contributed by atoms with Crippen LogP contribution < -0.4 is 5.32 Å². The molecule has 0 aliphatic heterocycles. The third-order valence-corrected chi connectivity index (χ3v) is 5.28. The van der Waals surface area contributed by atoms with Crippen LogP contribution in [0.3, 0.4) is 0 Å². The molecule has 0 bridgehead atoms. The highest BCUT2D eigenvalue weighted by Crippen LogP contribution is 2.31. The largest absolute Gasteiger partial charge is 0.313 e. The van der Waals surface area contributed by atoms with Crippen LogP contribution in [0, 0.1) is 5.92 Å². The first-order valence-electron chi connectivity index (χ1n) is 8.17. The molecule has 0 saturated heterocycles. The maximum absolute atomic E-state index is 3.72. The fourth-order valence-corrected chi connectivity index (χ4v) is 4.02. The molecule has 2 atom stereocenters. The van der Waals surface area contributed by atoms with Crippen molar-refractivity contribution in [3.8, 4) is 0 Å². The maximum Gasteiger partial charge on any atom is 0.0249 e. The molecular weight excluding hydrogens is 220 g/mol. The van der Waals surface area contributed by atoms with Gasteiger partial charge < -0.3 is 5.32 Å². The van der Waals surface area contributed by atoms with Crippen molar-refractivity contribution >= 4 is 0 Å². The van der Waals surface area contributed by atoms with Crippen LogP contribution in [0.4, 0.5) is 0 Å². The first kappa shape index (κ1) is 14.3. The molecule has 106 valence electrons. The van der Waals surface area contributed by atoms with Gasteiger partial charge in [-0.2, -0.15) is 0 Å². The van der Waals surface area contributed by atoms with E-state index in [-0.39, 0.29) is 0 Å². The predicted octanol–water partition coefficient (Wildman–Crippen LogP) is 3.42. The van der Waals surface area contributed by atoms with Crippen LogP contribution in [-0.4, -0.2) is 36.6 Å². The lowest BCUT2D eigenvalue weighted by Crippen LogP contribution is -2.54. The Morgan fingerprint density at radius 3 is 2.33 bits per heavy atom. The first-order valence-corrected chi connectivity index (χ1v) is 8.17. The summed E-state index contributed by atoms with van der Waals surface area (Å²) in [7, 11) is 2.39. The molecule has 2 fully saturated rings. The third kappa shape index (κ3) is 3.48. The molecule has 1 N–H and O–H groups in total. The summed E-state index contributed by atoms with van der Waals surface area (Å²) in [6, 6.07) is 2.38. The molecule has 2 saturated carbocycles. The normalized spacial score (nSPS) is 38.0. The number of rotatable bonds is 4. The van der Waals surface area contributed by atoms with E-state index < -0.39 is 0 Å². The fourth-order valence-electron chi connectivity index (χ4n) is 4.02. The molecular formula is C16H32N2.